The zero-order valence-corrected chi connectivity index (χ0v) is 23.1. The fourth-order valence-electron chi connectivity index (χ4n) is 4.09. The van der Waals surface area contributed by atoms with Crippen LogP contribution in [0.4, 0.5) is 0 Å². The van der Waals surface area contributed by atoms with Gasteiger partial charge in [0.05, 0.1) is 13.1 Å². The highest BCUT2D eigenvalue weighted by atomic mass is 14.9. The number of hydrogen-bond donors (Lipinski definition) is 0. The number of nitrogens with zero attached hydrogens (tertiary/aromatic N) is 4. The molecular weight excluding hydrogens is 464 g/mol. The number of aromatic nitrogens is 2. The van der Waals surface area contributed by atoms with Gasteiger partial charge in [-0.2, -0.15) is 0 Å². The van der Waals surface area contributed by atoms with Crippen molar-refractivity contribution < 1.29 is 9.13 Å². The average Bonchev–Trinajstić information content (AvgIpc) is 2.97. The van der Waals surface area contributed by atoms with Crippen LogP contribution in [0.25, 0.3) is 11.1 Å². The molecule has 0 aliphatic heterocycles. The molecule has 0 amide bonds. The van der Waals surface area contributed by atoms with Crippen molar-refractivity contribution in [1.29, 1.82) is 0 Å². The van der Waals surface area contributed by atoms with Gasteiger partial charge in [-0.25, -0.2) is 9.13 Å². The van der Waals surface area contributed by atoms with E-state index in [1.165, 1.54) is 16.7 Å². The van der Waals surface area contributed by atoms with Gasteiger partial charge in [-0.15, -0.1) is 0 Å². The maximum Gasteiger partial charge on any atom is 0.169 e. The highest BCUT2D eigenvalue weighted by Gasteiger charge is 2.03. The number of rotatable bonds is 13. The molecule has 194 valence electrons. The van der Waals surface area contributed by atoms with Crippen LogP contribution in [0.15, 0.2) is 115 Å². The molecule has 0 radical (unpaired) electrons. The van der Waals surface area contributed by atoms with Gasteiger partial charge in [0.25, 0.3) is 0 Å². The van der Waals surface area contributed by atoms with Crippen LogP contribution in [0.2, 0.25) is 0 Å². The van der Waals surface area contributed by atoms with E-state index >= 15 is 0 Å². The molecule has 2 aromatic heterocycles. The summed E-state index contributed by atoms with van der Waals surface area (Å²) in [6, 6.07) is 15.1. The summed E-state index contributed by atoms with van der Waals surface area (Å²) >= 11 is 0. The minimum atomic E-state index is 0.627. The molecule has 0 spiro atoms. The van der Waals surface area contributed by atoms with Crippen molar-refractivity contribution in [3.8, 4) is 0 Å². The van der Waals surface area contributed by atoms with E-state index in [4.69, 9.17) is 0 Å². The zero-order valence-electron chi connectivity index (χ0n) is 23.1. The Hall–Kier alpha value is -4.18. The SMILES string of the molecule is C=C/C(=C\C=NCc1cc(CC)cc(CN=C/C=C(\C=C)c2cc[n+](CC)cc2)c1)c1cc[n+](CC)cc1. The van der Waals surface area contributed by atoms with E-state index in [1.54, 1.807) is 0 Å². The van der Waals surface area contributed by atoms with Gasteiger partial charge < -0.3 is 0 Å². The van der Waals surface area contributed by atoms with E-state index in [0.29, 0.717) is 13.1 Å². The van der Waals surface area contributed by atoms with Crippen LogP contribution in [0.1, 0.15) is 48.6 Å². The van der Waals surface area contributed by atoms with E-state index in [1.807, 2.05) is 36.7 Å². The number of benzene rings is 1. The number of aryl methyl sites for hydroxylation is 3. The fraction of sp³-hybridized carbons (Fsp3) is 0.235. The summed E-state index contributed by atoms with van der Waals surface area (Å²) in [5, 5.41) is 0. The van der Waals surface area contributed by atoms with Crippen molar-refractivity contribution in [2.75, 3.05) is 0 Å². The van der Waals surface area contributed by atoms with Crippen molar-refractivity contribution in [2.24, 2.45) is 9.98 Å². The number of allylic oxidation sites excluding steroid dienone is 6. The first-order chi connectivity index (χ1) is 18.6. The lowest BCUT2D eigenvalue weighted by atomic mass is 10.0. The van der Waals surface area contributed by atoms with Crippen LogP contribution >= 0.6 is 0 Å². The van der Waals surface area contributed by atoms with Crippen LogP contribution in [-0.4, -0.2) is 12.4 Å². The molecule has 3 aromatic rings. The van der Waals surface area contributed by atoms with Gasteiger partial charge in [0, 0.05) is 36.7 Å². The summed E-state index contributed by atoms with van der Waals surface area (Å²) < 4.78 is 4.28. The molecule has 0 unspecified atom stereocenters. The molecule has 0 N–H and O–H groups in total. The van der Waals surface area contributed by atoms with E-state index in [-0.39, 0.29) is 0 Å². The predicted molar refractivity (Wildman–Crippen MR) is 161 cm³/mol. The molecule has 38 heavy (non-hydrogen) atoms. The molecule has 4 heteroatoms. The van der Waals surface area contributed by atoms with Gasteiger partial charge in [-0.1, -0.05) is 50.4 Å². The lowest BCUT2D eigenvalue weighted by molar-refractivity contribution is -0.693. The summed E-state index contributed by atoms with van der Waals surface area (Å²) in [7, 11) is 0. The van der Waals surface area contributed by atoms with Crippen molar-refractivity contribution >= 4 is 23.6 Å². The van der Waals surface area contributed by atoms with Gasteiger partial charge in [0.15, 0.2) is 24.8 Å². The van der Waals surface area contributed by atoms with Gasteiger partial charge in [-0.05, 0) is 71.4 Å². The highest BCUT2D eigenvalue weighted by molar-refractivity contribution is 5.88. The smallest absolute Gasteiger partial charge is 0.169 e. The molecule has 0 saturated carbocycles. The monoisotopic (exact) mass is 504 g/mol. The lowest BCUT2D eigenvalue weighted by Gasteiger charge is -2.06. The topological polar surface area (TPSA) is 32.5 Å². The Bertz CT molecular complexity index is 1220. The number of pyridine rings is 2. The van der Waals surface area contributed by atoms with E-state index in [9.17, 15) is 0 Å². The largest absolute Gasteiger partial charge is 0.288 e. The summed E-state index contributed by atoms with van der Waals surface area (Å²) in [5.41, 5.74) is 8.07. The average molecular weight is 505 g/mol. The molecule has 0 fully saturated rings. The molecule has 0 aliphatic rings. The highest BCUT2D eigenvalue weighted by Crippen LogP contribution is 2.16. The van der Waals surface area contributed by atoms with Crippen LogP contribution in [0, 0.1) is 0 Å². The maximum absolute atomic E-state index is 4.67. The Balaban J connectivity index is 1.66. The summed E-state index contributed by atoms with van der Waals surface area (Å²) in [4.78, 5) is 9.33. The molecule has 2 heterocycles. The van der Waals surface area contributed by atoms with Crippen molar-refractivity contribution in [3.63, 3.8) is 0 Å². The number of hydrogen-bond acceptors (Lipinski definition) is 2. The molecule has 4 nitrogen and oxygen atoms in total. The predicted octanol–water partition coefficient (Wildman–Crippen LogP) is 6.54. The minimum Gasteiger partial charge on any atom is -0.288 e. The molecular formula is C34H40N4+2. The quantitative estimate of drug-likeness (QED) is 0.144. The third kappa shape index (κ3) is 8.45. The second-order valence-electron chi connectivity index (χ2n) is 8.98. The first kappa shape index (κ1) is 28.4. The first-order valence-corrected chi connectivity index (χ1v) is 13.4. The fourth-order valence-corrected chi connectivity index (χ4v) is 4.09. The molecule has 0 saturated heterocycles. The van der Waals surface area contributed by atoms with Crippen LogP contribution in [0.3, 0.4) is 0 Å². The van der Waals surface area contributed by atoms with Crippen molar-refractivity contribution in [2.45, 2.75) is 53.4 Å². The Labute approximate surface area is 228 Å². The third-order valence-corrected chi connectivity index (χ3v) is 6.41. The molecule has 3 rings (SSSR count). The normalized spacial score (nSPS) is 12.4. The van der Waals surface area contributed by atoms with E-state index in [2.05, 4.69) is 120 Å². The standard InChI is InChI=1S/C34H40N4/c1-6-28-23-29(26-35-17-11-31(7-2)33-13-19-37(9-4)20-14-33)25-30(24-28)27-36-18-12-32(8-3)34-15-21-38(10-5)22-16-34/h7-8,11-25H,2-3,6,9-10,26-27H2,1,4-5H3/q+2/b31-11+,32-12+,35-17?,36-18?. The van der Waals surface area contributed by atoms with Gasteiger partial charge in [0.2, 0.25) is 0 Å². The Morgan fingerprint density at radius 1 is 0.658 bits per heavy atom. The third-order valence-electron chi connectivity index (χ3n) is 6.41. The zero-order chi connectivity index (χ0) is 27.2. The van der Waals surface area contributed by atoms with Crippen molar-refractivity contribution in [1.82, 2.24) is 0 Å². The Kier molecular flexibility index (Phi) is 11.3. The summed E-state index contributed by atoms with van der Waals surface area (Å²) in [5.74, 6) is 0. The second kappa shape index (κ2) is 15.2. The van der Waals surface area contributed by atoms with Crippen LogP contribution < -0.4 is 9.13 Å². The molecule has 0 atom stereocenters. The van der Waals surface area contributed by atoms with Crippen molar-refractivity contribution in [3.05, 3.63) is 133 Å². The van der Waals surface area contributed by atoms with Gasteiger partial charge in [0.1, 0.15) is 13.1 Å². The maximum atomic E-state index is 4.67. The van der Waals surface area contributed by atoms with Crippen LogP contribution in [0.5, 0.6) is 0 Å². The number of aliphatic imine (C=N–C) groups is 2. The summed E-state index contributed by atoms with van der Waals surface area (Å²) in [6.07, 6.45) is 20.9. The Morgan fingerprint density at radius 3 is 1.39 bits per heavy atom. The molecule has 0 aliphatic carbocycles. The molecule has 1 aromatic carbocycles. The lowest BCUT2D eigenvalue weighted by Crippen LogP contribution is -2.30. The van der Waals surface area contributed by atoms with Gasteiger partial charge >= 0.3 is 0 Å². The minimum absolute atomic E-state index is 0.627. The Morgan fingerprint density at radius 2 is 1.05 bits per heavy atom. The second-order valence-corrected chi connectivity index (χ2v) is 8.98. The van der Waals surface area contributed by atoms with E-state index < -0.39 is 0 Å². The van der Waals surface area contributed by atoms with E-state index in [0.717, 1.165) is 41.8 Å². The molecule has 0 bridgehead atoms. The van der Waals surface area contributed by atoms with Gasteiger partial charge in [-0.3, -0.25) is 9.98 Å². The summed E-state index contributed by atoms with van der Waals surface area (Å²) in [6.45, 7) is 17.5. The first-order valence-electron chi connectivity index (χ1n) is 13.4. The van der Waals surface area contributed by atoms with Crippen LogP contribution in [-0.2, 0) is 32.6 Å².